The van der Waals surface area contributed by atoms with Crippen LogP contribution < -0.4 is 0 Å². The van der Waals surface area contributed by atoms with Gasteiger partial charge in [0.15, 0.2) is 0 Å². The second-order valence-corrected chi connectivity index (χ2v) is 2.87. The second kappa shape index (κ2) is 3.95. The minimum Gasteiger partial charge on any atom is -0.412 e. The van der Waals surface area contributed by atoms with Crippen molar-refractivity contribution in [3.8, 4) is 0 Å². The summed E-state index contributed by atoms with van der Waals surface area (Å²) in [5, 5.41) is 0. The molecule has 0 spiro atoms. The topological polar surface area (TPSA) is 90.4 Å². The Morgan fingerprint density at radius 2 is 1.38 bits per heavy atom. The lowest BCUT2D eigenvalue weighted by atomic mass is 11.8. The summed E-state index contributed by atoms with van der Waals surface area (Å²) in [5.41, 5.74) is 0. The maximum absolute atomic E-state index is 8.38. The molecule has 0 bridgehead atoms. The van der Waals surface area contributed by atoms with E-state index >= 15 is 0 Å². The van der Waals surface area contributed by atoms with Crippen LogP contribution in [0.5, 0.6) is 0 Å². The molecular weight excluding hydrogens is 132 g/mol. The van der Waals surface area contributed by atoms with E-state index in [1.165, 1.54) is 14.2 Å². The standard InChI is InChI=1S/C2H8O4Si.H2O/c1-5-7(3,4)6-2;/h3-4H,1-2H3;1H2. The summed E-state index contributed by atoms with van der Waals surface area (Å²) >= 11 is 0. The zero-order valence-electron chi connectivity index (χ0n) is 4.71. The van der Waals surface area contributed by atoms with Gasteiger partial charge < -0.3 is 23.9 Å². The van der Waals surface area contributed by atoms with Gasteiger partial charge in [-0.05, 0) is 0 Å². The van der Waals surface area contributed by atoms with E-state index in [0.717, 1.165) is 0 Å². The minimum atomic E-state index is -3.65. The molecule has 0 saturated heterocycles. The number of hydrogen-bond acceptors (Lipinski definition) is 4. The largest absolute Gasteiger partial charge is 0.673 e. The smallest absolute Gasteiger partial charge is 0.412 e. The summed E-state index contributed by atoms with van der Waals surface area (Å²) in [5.74, 6) is 0. The van der Waals surface area contributed by atoms with Gasteiger partial charge in [0.1, 0.15) is 0 Å². The van der Waals surface area contributed by atoms with Gasteiger partial charge in [-0.25, -0.2) is 0 Å². The van der Waals surface area contributed by atoms with Crippen LogP contribution in [0.2, 0.25) is 0 Å². The highest BCUT2D eigenvalue weighted by Gasteiger charge is 2.32. The Morgan fingerprint density at radius 1 is 1.12 bits per heavy atom. The Kier molecular flexibility index (Phi) is 5.39. The molecule has 0 aromatic carbocycles. The van der Waals surface area contributed by atoms with Gasteiger partial charge in [0.2, 0.25) is 0 Å². The number of hydrogen-bond donors (Lipinski definition) is 2. The van der Waals surface area contributed by atoms with E-state index in [2.05, 4.69) is 8.85 Å². The molecule has 5 nitrogen and oxygen atoms in total. The van der Waals surface area contributed by atoms with Crippen LogP contribution >= 0.6 is 0 Å². The van der Waals surface area contributed by atoms with Crippen LogP contribution in [0, 0.1) is 0 Å². The van der Waals surface area contributed by atoms with Gasteiger partial charge in [0.25, 0.3) is 0 Å². The fourth-order valence-electron chi connectivity index (χ4n) is 0.0833. The van der Waals surface area contributed by atoms with Crippen LogP contribution in [-0.2, 0) is 8.85 Å². The Labute approximate surface area is 48.3 Å². The summed E-state index contributed by atoms with van der Waals surface area (Å²) in [7, 11) is -1.30. The van der Waals surface area contributed by atoms with Crippen LogP contribution in [-0.4, -0.2) is 38.3 Å². The molecule has 0 aromatic heterocycles. The van der Waals surface area contributed by atoms with Gasteiger partial charge >= 0.3 is 9.05 Å². The van der Waals surface area contributed by atoms with Gasteiger partial charge in [-0.15, -0.1) is 0 Å². The first kappa shape index (κ1) is 10.9. The number of rotatable bonds is 2. The Hall–Kier alpha value is 0.0169. The van der Waals surface area contributed by atoms with Gasteiger partial charge in [-0.2, -0.15) is 0 Å². The molecule has 0 atom stereocenters. The van der Waals surface area contributed by atoms with Crippen molar-refractivity contribution in [2.24, 2.45) is 0 Å². The molecular formula is C2H10O5Si. The van der Waals surface area contributed by atoms with Crippen LogP contribution in [0.1, 0.15) is 0 Å². The summed E-state index contributed by atoms with van der Waals surface area (Å²) in [6.07, 6.45) is 0. The minimum absolute atomic E-state index is 0. The molecule has 6 heteroatoms. The van der Waals surface area contributed by atoms with Crippen molar-refractivity contribution >= 4 is 9.05 Å². The van der Waals surface area contributed by atoms with Crippen molar-refractivity contribution in [3.05, 3.63) is 0 Å². The van der Waals surface area contributed by atoms with E-state index in [4.69, 9.17) is 9.59 Å². The molecule has 4 N–H and O–H groups in total. The predicted octanol–water partition coefficient (Wildman–Crippen LogP) is -2.13. The van der Waals surface area contributed by atoms with Crippen molar-refractivity contribution in [1.29, 1.82) is 0 Å². The predicted molar refractivity (Wildman–Crippen MR) is 27.8 cm³/mol. The first-order chi connectivity index (χ1) is 3.12. The lowest BCUT2D eigenvalue weighted by molar-refractivity contribution is 0.0634. The fourth-order valence-corrected chi connectivity index (χ4v) is 0.250. The van der Waals surface area contributed by atoms with Crippen molar-refractivity contribution in [1.82, 2.24) is 0 Å². The second-order valence-electron chi connectivity index (χ2n) is 0.957. The first-order valence-electron chi connectivity index (χ1n) is 1.67. The molecule has 8 heavy (non-hydrogen) atoms. The van der Waals surface area contributed by atoms with E-state index in [-0.39, 0.29) is 5.48 Å². The molecule has 0 aliphatic rings. The molecule has 0 radical (unpaired) electrons. The molecule has 0 amide bonds. The molecule has 0 aliphatic carbocycles. The third-order valence-electron chi connectivity index (χ3n) is 0.532. The highest BCUT2D eigenvalue weighted by molar-refractivity contribution is 6.50. The summed E-state index contributed by atoms with van der Waals surface area (Å²) in [4.78, 5) is 16.8. The maximum Gasteiger partial charge on any atom is 0.673 e. The van der Waals surface area contributed by atoms with Gasteiger partial charge in [-0.1, -0.05) is 0 Å². The summed E-state index contributed by atoms with van der Waals surface area (Å²) in [6, 6.07) is 0. The van der Waals surface area contributed by atoms with E-state index in [1.54, 1.807) is 0 Å². The van der Waals surface area contributed by atoms with E-state index in [0.29, 0.717) is 0 Å². The molecule has 0 heterocycles. The average Bonchev–Trinajstić information content (AvgIpc) is 1.68. The molecule has 0 unspecified atom stereocenters. The lowest BCUT2D eigenvalue weighted by Gasteiger charge is -2.08. The van der Waals surface area contributed by atoms with Crippen molar-refractivity contribution in [2.45, 2.75) is 0 Å². The van der Waals surface area contributed by atoms with Gasteiger partial charge in [0.05, 0.1) is 0 Å². The summed E-state index contributed by atoms with van der Waals surface area (Å²) in [6.45, 7) is 0. The molecule has 0 fully saturated rings. The Balaban J connectivity index is 0. The van der Waals surface area contributed by atoms with E-state index in [9.17, 15) is 0 Å². The van der Waals surface area contributed by atoms with Crippen molar-refractivity contribution in [3.63, 3.8) is 0 Å². The van der Waals surface area contributed by atoms with Crippen LogP contribution in [0.15, 0.2) is 0 Å². The quantitative estimate of drug-likeness (QED) is 0.431. The van der Waals surface area contributed by atoms with Gasteiger partial charge in [0, 0.05) is 14.2 Å². The SMILES string of the molecule is CO[Si](O)(O)OC.O. The molecule has 0 rings (SSSR count). The lowest BCUT2D eigenvalue weighted by Crippen LogP contribution is -2.40. The van der Waals surface area contributed by atoms with Crippen LogP contribution in [0.25, 0.3) is 0 Å². The molecule has 0 aliphatic heterocycles. The first-order valence-corrected chi connectivity index (χ1v) is 3.38. The highest BCUT2D eigenvalue weighted by Crippen LogP contribution is 1.89. The zero-order chi connectivity index (χ0) is 5.91. The monoisotopic (exact) mass is 142 g/mol. The Bertz CT molecular complexity index is 48.4. The third kappa shape index (κ3) is 4.18. The Morgan fingerprint density at radius 3 is 1.38 bits per heavy atom. The summed E-state index contributed by atoms with van der Waals surface area (Å²) < 4.78 is 8.23. The van der Waals surface area contributed by atoms with E-state index in [1.807, 2.05) is 0 Å². The average molecular weight is 142 g/mol. The van der Waals surface area contributed by atoms with E-state index < -0.39 is 9.05 Å². The molecule has 52 valence electrons. The van der Waals surface area contributed by atoms with Crippen LogP contribution in [0.4, 0.5) is 0 Å². The van der Waals surface area contributed by atoms with Crippen molar-refractivity contribution < 1.29 is 23.9 Å². The van der Waals surface area contributed by atoms with Gasteiger partial charge in [-0.3, -0.25) is 0 Å². The normalized spacial score (nSPS) is 10.5. The zero-order valence-corrected chi connectivity index (χ0v) is 5.71. The molecule has 0 saturated carbocycles. The maximum atomic E-state index is 8.38. The van der Waals surface area contributed by atoms with Crippen LogP contribution in [0.3, 0.4) is 0 Å². The highest BCUT2D eigenvalue weighted by atomic mass is 28.4. The van der Waals surface area contributed by atoms with Crippen molar-refractivity contribution in [2.75, 3.05) is 14.2 Å². The third-order valence-corrected chi connectivity index (χ3v) is 1.60. The fraction of sp³-hybridized carbons (Fsp3) is 1.00. The molecule has 0 aromatic rings.